The van der Waals surface area contributed by atoms with Crippen LogP contribution in [-0.2, 0) is 25.7 Å². The van der Waals surface area contributed by atoms with Gasteiger partial charge in [-0.2, -0.15) is 0 Å². The largest absolute Gasteiger partial charge is 0.482 e. The van der Waals surface area contributed by atoms with Gasteiger partial charge in [-0.25, -0.2) is 0 Å². The number of nitrogens with zero attached hydrogens (tertiary/aromatic N) is 4. The van der Waals surface area contributed by atoms with E-state index < -0.39 is 0 Å². The number of methoxy groups -OCH3 is 1. The fraction of sp³-hybridized carbons (Fsp3) is 0.536. The van der Waals surface area contributed by atoms with Crippen molar-refractivity contribution in [3.05, 3.63) is 42.0 Å². The molecule has 11 nitrogen and oxygen atoms in total. The molecule has 2 N–H and O–H groups in total. The predicted molar refractivity (Wildman–Crippen MR) is 144 cm³/mol. The van der Waals surface area contributed by atoms with Crippen LogP contribution in [0.2, 0.25) is 0 Å². The van der Waals surface area contributed by atoms with Crippen LogP contribution >= 0.6 is 0 Å². The average molecular weight is 537 g/mol. The maximum Gasteiger partial charge on any atom is 0.265 e. The molecule has 5 rings (SSSR count). The molecule has 0 spiro atoms. The van der Waals surface area contributed by atoms with Crippen LogP contribution in [0.4, 0.5) is 11.4 Å². The van der Waals surface area contributed by atoms with Crippen LogP contribution in [0.15, 0.2) is 30.6 Å². The monoisotopic (exact) mass is 536 g/mol. The van der Waals surface area contributed by atoms with E-state index in [1.807, 2.05) is 30.0 Å². The maximum atomic E-state index is 13.9. The number of piperidine rings is 1. The zero-order valence-corrected chi connectivity index (χ0v) is 22.5. The fourth-order valence-corrected chi connectivity index (χ4v) is 5.16. The summed E-state index contributed by atoms with van der Waals surface area (Å²) in [5.74, 6) is -0.230. The first kappa shape index (κ1) is 27.0. The summed E-state index contributed by atoms with van der Waals surface area (Å²) < 4.78 is 10.8. The van der Waals surface area contributed by atoms with Gasteiger partial charge in [0.15, 0.2) is 6.61 Å². The standard InChI is InChI=1S/C28H36N6O5/c1-18-12-31-21(15-30-18)16-32-27(36)19-10-20(14-29-13-19)28(37)34(22-4-5-22)23-6-7-25-24(11-23)33(8-3-9-38-2)26(35)17-39-25/h6-7,11-12,15,19-20,22,29H,3-5,8-10,13-14,16-17H2,1-2H3,(H,32,36)/t19-,20+/m0/s1. The summed E-state index contributed by atoms with van der Waals surface area (Å²) in [6.45, 7) is 4.26. The third-order valence-electron chi connectivity index (χ3n) is 7.39. The summed E-state index contributed by atoms with van der Waals surface area (Å²) in [6.07, 6.45) is 6.35. The highest BCUT2D eigenvalue weighted by Crippen LogP contribution is 2.40. The second-order valence-corrected chi connectivity index (χ2v) is 10.4. The van der Waals surface area contributed by atoms with Gasteiger partial charge in [0.1, 0.15) is 5.75 Å². The van der Waals surface area contributed by atoms with Crippen molar-refractivity contribution < 1.29 is 23.9 Å². The van der Waals surface area contributed by atoms with Gasteiger partial charge in [0.2, 0.25) is 11.8 Å². The Morgan fingerprint density at radius 3 is 2.77 bits per heavy atom. The highest BCUT2D eigenvalue weighted by atomic mass is 16.5. The van der Waals surface area contributed by atoms with Crippen molar-refractivity contribution >= 4 is 29.1 Å². The fourth-order valence-electron chi connectivity index (χ4n) is 5.16. The molecule has 1 saturated heterocycles. The number of carbonyl (C=O) groups is 3. The Balaban J connectivity index is 1.28. The second-order valence-electron chi connectivity index (χ2n) is 10.4. The number of nitrogens with one attached hydrogen (secondary N) is 2. The number of fused-ring (bicyclic) bond motifs is 1. The lowest BCUT2D eigenvalue weighted by Gasteiger charge is -2.34. The maximum absolute atomic E-state index is 13.9. The number of rotatable bonds is 10. The molecular weight excluding hydrogens is 500 g/mol. The van der Waals surface area contributed by atoms with E-state index in [1.54, 1.807) is 24.4 Å². The third-order valence-corrected chi connectivity index (χ3v) is 7.39. The topological polar surface area (TPSA) is 126 Å². The molecule has 3 heterocycles. The lowest BCUT2D eigenvalue weighted by molar-refractivity contribution is -0.128. The van der Waals surface area contributed by atoms with Gasteiger partial charge in [-0.05, 0) is 50.8 Å². The number of ether oxygens (including phenoxy) is 2. The molecule has 39 heavy (non-hydrogen) atoms. The number of hydrogen-bond acceptors (Lipinski definition) is 8. The number of aromatic nitrogens is 2. The minimum absolute atomic E-state index is 0.000776. The van der Waals surface area contributed by atoms with Gasteiger partial charge in [0.05, 0.1) is 41.7 Å². The molecule has 3 amide bonds. The van der Waals surface area contributed by atoms with E-state index in [4.69, 9.17) is 9.47 Å². The number of benzene rings is 1. The van der Waals surface area contributed by atoms with Crippen molar-refractivity contribution in [1.82, 2.24) is 20.6 Å². The van der Waals surface area contributed by atoms with Gasteiger partial charge >= 0.3 is 0 Å². The van der Waals surface area contributed by atoms with Crippen molar-refractivity contribution in [3.8, 4) is 5.75 Å². The number of aryl methyl sites for hydroxylation is 1. The first-order valence-electron chi connectivity index (χ1n) is 13.6. The van der Waals surface area contributed by atoms with Gasteiger partial charge in [-0.1, -0.05) is 0 Å². The SMILES string of the molecule is COCCCN1C(=O)COc2ccc(N(C(=O)[C@H]3CNC[C@@H](C(=O)NCc4cnc(C)cn4)C3)C3CC3)cc21. The number of hydrogen-bond donors (Lipinski definition) is 2. The summed E-state index contributed by atoms with van der Waals surface area (Å²) in [5, 5.41) is 6.23. The molecule has 1 aromatic carbocycles. The molecule has 208 valence electrons. The van der Waals surface area contributed by atoms with Gasteiger partial charge in [0, 0.05) is 51.3 Å². The van der Waals surface area contributed by atoms with Gasteiger partial charge in [0.25, 0.3) is 5.91 Å². The molecular formula is C28H36N6O5. The molecule has 1 aromatic heterocycles. The molecule has 0 unspecified atom stereocenters. The average Bonchev–Trinajstić information content (AvgIpc) is 3.79. The molecule has 2 aliphatic heterocycles. The van der Waals surface area contributed by atoms with E-state index >= 15 is 0 Å². The normalized spacial score (nSPS) is 20.7. The Kier molecular flexibility index (Phi) is 8.37. The molecule has 2 atom stereocenters. The zero-order chi connectivity index (χ0) is 27.4. The minimum Gasteiger partial charge on any atom is -0.482 e. The zero-order valence-electron chi connectivity index (χ0n) is 22.5. The summed E-state index contributed by atoms with van der Waals surface area (Å²) >= 11 is 0. The lowest BCUT2D eigenvalue weighted by atomic mass is 9.88. The molecule has 1 saturated carbocycles. The van der Waals surface area contributed by atoms with Gasteiger partial charge < -0.3 is 29.9 Å². The van der Waals surface area contributed by atoms with Crippen molar-refractivity contribution in [3.63, 3.8) is 0 Å². The molecule has 1 aliphatic carbocycles. The van der Waals surface area contributed by atoms with E-state index in [1.165, 1.54) is 0 Å². The summed E-state index contributed by atoms with van der Waals surface area (Å²) in [5.41, 5.74) is 2.94. The van der Waals surface area contributed by atoms with Crippen LogP contribution < -0.4 is 25.2 Å². The van der Waals surface area contributed by atoms with Crippen LogP contribution in [0.25, 0.3) is 0 Å². The Hall–Kier alpha value is -3.57. The molecule has 3 aliphatic rings. The van der Waals surface area contributed by atoms with Crippen LogP contribution in [-0.4, -0.2) is 73.7 Å². The van der Waals surface area contributed by atoms with E-state index in [2.05, 4.69) is 20.6 Å². The van der Waals surface area contributed by atoms with Crippen molar-refractivity contribution in [2.45, 2.75) is 45.2 Å². The van der Waals surface area contributed by atoms with E-state index in [0.717, 1.165) is 24.2 Å². The summed E-state index contributed by atoms with van der Waals surface area (Å²) in [4.78, 5) is 51.6. The Morgan fingerprint density at radius 2 is 2.03 bits per heavy atom. The number of amides is 3. The highest BCUT2D eigenvalue weighted by Gasteiger charge is 2.40. The number of carbonyl (C=O) groups excluding carboxylic acids is 3. The van der Waals surface area contributed by atoms with E-state index in [9.17, 15) is 14.4 Å². The Morgan fingerprint density at radius 1 is 1.21 bits per heavy atom. The molecule has 0 radical (unpaired) electrons. The number of anilines is 2. The summed E-state index contributed by atoms with van der Waals surface area (Å²) in [7, 11) is 1.64. The first-order chi connectivity index (χ1) is 18.9. The molecule has 11 heteroatoms. The van der Waals surface area contributed by atoms with Crippen molar-refractivity contribution in [2.24, 2.45) is 11.8 Å². The van der Waals surface area contributed by atoms with Crippen LogP contribution in [0.3, 0.4) is 0 Å². The predicted octanol–water partition coefficient (Wildman–Crippen LogP) is 1.58. The summed E-state index contributed by atoms with van der Waals surface area (Å²) in [6, 6.07) is 5.73. The molecule has 0 bridgehead atoms. The Bertz CT molecular complexity index is 1200. The Labute approximate surface area is 228 Å². The minimum atomic E-state index is -0.332. The first-order valence-corrected chi connectivity index (χ1v) is 13.6. The third kappa shape index (κ3) is 6.36. The van der Waals surface area contributed by atoms with Gasteiger partial charge in [-0.3, -0.25) is 24.4 Å². The quantitative estimate of drug-likeness (QED) is 0.439. The van der Waals surface area contributed by atoms with Crippen LogP contribution in [0.5, 0.6) is 5.75 Å². The lowest BCUT2D eigenvalue weighted by Crippen LogP contribution is -2.50. The van der Waals surface area contributed by atoms with Crippen molar-refractivity contribution in [1.29, 1.82) is 0 Å². The molecule has 2 fully saturated rings. The van der Waals surface area contributed by atoms with Crippen LogP contribution in [0, 0.1) is 18.8 Å². The van der Waals surface area contributed by atoms with E-state index in [0.29, 0.717) is 62.8 Å². The van der Waals surface area contributed by atoms with Gasteiger partial charge in [-0.15, -0.1) is 0 Å². The van der Waals surface area contributed by atoms with E-state index in [-0.39, 0.29) is 42.2 Å². The second kappa shape index (κ2) is 12.1. The smallest absolute Gasteiger partial charge is 0.265 e. The van der Waals surface area contributed by atoms with Crippen LogP contribution in [0.1, 0.15) is 37.1 Å². The molecule has 2 aromatic rings. The van der Waals surface area contributed by atoms with Crippen molar-refractivity contribution in [2.75, 3.05) is 49.8 Å². The highest BCUT2D eigenvalue weighted by molar-refractivity contribution is 6.01.